The van der Waals surface area contributed by atoms with E-state index in [4.69, 9.17) is 0 Å². The first kappa shape index (κ1) is 10.5. The lowest BCUT2D eigenvalue weighted by atomic mass is 10.8. The van der Waals surface area contributed by atoms with E-state index in [0.29, 0.717) is 0 Å². The van der Waals surface area contributed by atoms with Gasteiger partial charge in [-0.2, -0.15) is 13.2 Å². The minimum Gasteiger partial charge on any atom is -0.466 e. The lowest BCUT2D eigenvalue weighted by molar-refractivity contribution is -0.143. The van der Waals surface area contributed by atoms with Crippen LogP contribution in [-0.4, -0.2) is 24.1 Å². The van der Waals surface area contributed by atoms with Gasteiger partial charge in [0.1, 0.15) is 0 Å². The van der Waals surface area contributed by atoms with Crippen LogP contribution in [0.4, 0.5) is 17.6 Å². The van der Waals surface area contributed by atoms with Crippen LogP contribution in [0.5, 0.6) is 0 Å². The van der Waals surface area contributed by atoms with E-state index in [0.717, 1.165) is 7.11 Å². The van der Waals surface area contributed by atoms with Crippen LogP contribution < -0.4 is 0 Å². The fraction of sp³-hybridized carbons (Fsp3) is 0.750. The van der Waals surface area contributed by atoms with E-state index in [1.165, 1.54) is 0 Å². The molecule has 0 aliphatic carbocycles. The molecule has 0 aromatic carbocycles. The maximum absolute atomic E-state index is 12.1. The van der Waals surface area contributed by atoms with Gasteiger partial charge in [0, 0.05) is 0 Å². The molecule has 0 aliphatic rings. The fourth-order valence-electron chi connectivity index (χ4n) is 0.258. The molecular formula is C4H4F4O2S. The van der Waals surface area contributed by atoms with Gasteiger partial charge in [0.25, 0.3) is 5.50 Å². The van der Waals surface area contributed by atoms with Gasteiger partial charge in [0.2, 0.25) is 0 Å². The Labute approximate surface area is 63.9 Å². The molecule has 0 saturated carbocycles. The van der Waals surface area contributed by atoms with Crippen molar-refractivity contribution >= 4 is 17.7 Å². The molecule has 1 unspecified atom stereocenters. The monoisotopic (exact) mass is 192 g/mol. The second kappa shape index (κ2) is 3.80. The van der Waals surface area contributed by atoms with Gasteiger partial charge in [-0.1, -0.05) is 0 Å². The zero-order valence-corrected chi connectivity index (χ0v) is 6.13. The Balaban J connectivity index is 3.87. The molecule has 11 heavy (non-hydrogen) atoms. The summed E-state index contributed by atoms with van der Waals surface area (Å²) in [4.78, 5) is 10.1. The molecule has 0 rings (SSSR count). The quantitative estimate of drug-likeness (QED) is 0.492. The molecule has 0 aromatic rings. The van der Waals surface area contributed by atoms with E-state index in [-0.39, 0.29) is 0 Å². The van der Waals surface area contributed by atoms with Gasteiger partial charge in [-0.25, -0.2) is 9.18 Å². The van der Waals surface area contributed by atoms with Crippen molar-refractivity contribution < 1.29 is 27.1 Å². The number of carbonyl (C=O) groups excluding carboxylic acids is 1. The first-order chi connectivity index (χ1) is 4.87. The number of hydrogen-bond acceptors (Lipinski definition) is 3. The number of methoxy groups -OCH3 is 1. The van der Waals surface area contributed by atoms with Crippen molar-refractivity contribution in [3.63, 3.8) is 0 Å². The number of hydrogen-bond donors (Lipinski definition) is 0. The molecule has 0 saturated heterocycles. The summed E-state index contributed by atoms with van der Waals surface area (Å²) in [6.45, 7) is 0. The summed E-state index contributed by atoms with van der Waals surface area (Å²) in [5.74, 6) is -1.53. The molecule has 0 bridgehead atoms. The van der Waals surface area contributed by atoms with Crippen molar-refractivity contribution in [1.29, 1.82) is 0 Å². The van der Waals surface area contributed by atoms with Gasteiger partial charge >= 0.3 is 11.5 Å². The molecule has 0 aromatic heterocycles. The average Bonchev–Trinajstić information content (AvgIpc) is 1.82. The van der Waals surface area contributed by atoms with Crippen LogP contribution in [0.1, 0.15) is 0 Å². The number of thioether (sulfide) groups is 1. The standard InChI is InChI=1S/C4H4F4O2S/c1-10-3(9)2(5)11-4(6,7)8/h2H,1H3. The van der Waals surface area contributed by atoms with Gasteiger partial charge in [-0.3, -0.25) is 0 Å². The van der Waals surface area contributed by atoms with Gasteiger partial charge < -0.3 is 4.74 Å². The Morgan fingerprint density at radius 2 is 2.00 bits per heavy atom. The van der Waals surface area contributed by atoms with Crippen LogP contribution in [0.15, 0.2) is 0 Å². The predicted octanol–water partition coefficient (Wildman–Crippen LogP) is 1.71. The minimum atomic E-state index is -4.76. The summed E-state index contributed by atoms with van der Waals surface area (Å²) in [6.07, 6.45) is 0. The molecule has 0 aliphatic heterocycles. The van der Waals surface area contributed by atoms with Crippen molar-refractivity contribution in [3.8, 4) is 0 Å². The normalized spacial score (nSPS) is 14.3. The summed E-state index contributed by atoms with van der Waals surface area (Å²) >= 11 is -1.05. The topological polar surface area (TPSA) is 26.3 Å². The maximum Gasteiger partial charge on any atom is 0.445 e. The predicted molar refractivity (Wildman–Crippen MR) is 30.6 cm³/mol. The van der Waals surface area contributed by atoms with Crippen molar-refractivity contribution in [3.05, 3.63) is 0 Å². The summed E-state index contributed by atoms with van der Waals surface area (Å²) in [6, 6.07) is 0. The van der Waals surface area contributed by atoms with Crippen molar-refractivity contribution in [1.82, 2.24) is 0 Å². The molecule has 0 fully saturated rings. The van der Waals surface area contributed by atoms with E-state index in [1.54, 1.807) is 0 Å². The number of ether oxygens (including phenoxy) is 1. The highest BCUT2D eigenvalue weighted by atomic mass is 32.2. The average molecular weight is 192 g/mol. The Bertz CT molecular complexity index is 146. The zero-order valence-electron chi connectivity index (χ0n) is 5.31. The Kier molecular flexibility index (Phi) is 3.64. The second-order valence-electron chi connectivity index (χ2n) is 1.40. The van der Waals surface area contributed by atoms with Crippen molar-refractivity contribution in [2.45, 2.75) is 11.0 Å². The lowest BCUT2D eigenvalue weighted by Gasteiger charge is -2.07. The third-order valence-electron chi connectivity index (χ3n) is 0.624. The molecule has 7 heteroatoms. The zero-order chi connectivity index (χ0) is 9.07. The molecule has 2 nitrogen and oxygen atoms in total. The molecule has 0 radical (unpaired) electrons. The first-order valence-electron chi connectivity index (χ1n) is 2.33. The molecule has 1 atom stereocenters. The Morgan fingerprint density at radius 1 is 1.55 bits per heavy atom. The smallest absolute Gasteiger partial charge is 0.445 e. The molecule has 0 N–H and O–H groups in total. The van der Waals surface area contributed by atoms with Crippen LogP contribution in [-0.2, 0) is 9.53 Å². The Morgan fingerprint density at radius 3 is 2.27 bits per heavy atom. The summed E-state index contributed by atoms with van der Waals surface area (Å²) < 4.78 is 49.7. The van der Waals surface area contributed by atoms with E-state index >= 15 is 0 Å². The summed E-state index contributed by atoms with van der Waals surface area (Å²) in [5, 5.41) is 0. The van der Waals surface area contributed by atoms with Crippen molar-refractivity contribution in [2.24, 2.45) is 0 Å². The number of halogens is 4. The van der Waals surface area contributed by atoms with Gasteiger partial charge in [-0.15, -0.1) is 0 Å². The first-order valence-corrected chi connectivity index (χ1v) is 3.21. The minimum absolute atomic E-state index is 0.811. The molecule has 0 amide bonds. The maximum atomic E-state index is 12.1. The lowest BCUT2D eigenvalue weighted by Crippen LogP contribution is -2.18. The third kappa shape index (κ3) is 4.88. The molecule has 0 heterocycles. The van der Waals surface area contributed by atoms with E-state index in [1.807, 2.05) is 0 Å². The summed E-state index contributed by atoms with van der Waals surface area (Å²) in [7, 11) is 0.811. The molecule has 0 spiro atoms. The number of rotatable bonds is 2. The van der Waals surface area contributed by atoms with Crippen LogP contribution in [0, 0.1) is 0 Å². The number of carbonyl (C=O) groups is 1. The van der Waals surface area contributed by atoms with Gasteiger partial charge in [-0.05, 0) is 11.8 Å². The Hall–Kier alpha value is -0.460. The van der Waals surface area contributed by atoms with Crippen LogP contribution in [0.2, 0.25) is 0 Å². The number of esters is 1. The van der Waals surface area contributed by atoms with Crippen molar-refractivity contribution in [2.75, 3.05) is 7.11 Å². The van der Waals surface area contributed by atoms with Gasteiger partial charge in [0.05, 0.1) is 7.11 Å². The van der Waals surface area contributed by atoms with E-state index < -0.39 is 28.7 Å². The van der Waals surface area contributed by atoms with E-state index in [2.05, 4.69) is 4.74 Å². The molecular weight excluding hydrogens is 188 g/mol. The highest BCUT2D eigenvalue weighted by molar-refractivity contribution is 8.01. The second-order valence-corrected chi connectivity index (χ2v) is 2.52. The SMILES string of the molecule is COC(=O)C(F)SC(F)(F)F. The van der Waals surface area contributed by atoms with Crippen LogP contribution >= 0.6 is 11.8 Å². The third-order valence-corrected chi connectivity index (χ3v) is 1.29. The molecule has 66 valence electrons. The summed E-state index contributed by atoms with van der Waals surface area (Å²) in [5.41, 5.74) is -7.45. The highest BCUT2D eigenvalue weighted by Gasteiger charge is 2.37. The fourth-order valence-corrected chi connectivity index (χ4v) is 0.685. The largest absolute Gasteiger partial charge is 0.466 e. The van der Waals surface area contributed by atoms with Crippen LogP contribution in [0.25, 0.3) is 0 Å². The van der Waals surface area contributed by atoms with Gasteiger partial charge in [0.15, 0.2) is 0 Å². The van der Waals surface area contributed by atoms with E-state index in [9.17, 15) is 22.4 Å². The number of alkyl halides is 4. The van der Waals surface area contributed by atoms with Crippen LogP contribution in [0.3, 0.4) is 0 Å². The highest BCUT2D eigenvalue weighted by Crippen LogP contribution is 2.34.